The van der Waals surface area contributed by atoms with Gasteiger partial charge >= 0.3 is 0 Å². The van der Waals surface area contributed by atoms with E-state index in [1.54, 1.807) is 6.07 Å². The van der Waals surface area contributed by atoms with Crippen LogP contribution in [0.5, 0.6) is 5.75 Å². The van der Waals surface area contributed by atoms with Crippen molar-refractivity contribution in [3.8, 4) is 5.75 Å². The molecule has 1 aromatic rings. The van der Waals surface area contributed by atoms with Crippen LogP contribution in [0.1, 0.15) is 13.8 Å². The molecule has 96 valence electrons. The van der Waals surface area contributed by atoms with Crippen molar-refractivity contribution in [1.82, 2.24) is 0 Å². The van der Waals surface area contributed by atoms with Crippen molar-refractivity contribution in [2.24, 2.45) is 0 Å². The largest absolute Gasteiger partial charge is 0.491 e. The van der Waals surface area contributed by atoms with Crippen LogP contribution in [0.4, 0.5) is 0 Å². The van der Waals surface area contributed by atoms with Crippen LogP contribution in [0.3, 0.4) is 0 Å². The van der Waals surface area contributed by atoms with Gasteiger partial charge in [0, 0.05) is 5.02 Å². The van der Waals surface area contributed by atoms with Crippen molar-refractivity contribution in [2.45, 2.75) is 19.9 Å². The second kappa shape index (κ2) is 8.34. The monoisotopic (exact) mass is 258 g/mol. The maximum absolute atomic E-state index is 5.84. The summed E-state index contributed by atoms with van der Waals surface area (Å²) in [6.45, 7) is 7.26. The molecule has 0 saturated carbocycles. The van der Waals surface area contributed by atoms with Crippen molar-refractivity contribution < 1.29 is 14.8 Å². The van der Waals surface area contributed by atoms with E-state index in [9.17, 15) is 0 Å². The fraction of sp³-hybridized carbons (Fsp3) is 0.538. The van der Waals surface area contributed by atoms with Crippen molar-refractivity contribution in [2.75, 3.05) is 26.4 Å². The highest BCUT2D eigenvalue weighted by atomic mass is 35.5. The maximum atomic E-state index is 5.84. The minimum absolute atomic E-state index is 0.558. The number of nitrogens with two attached hydrogens (primary N) is 1. The summed E-state index contributed by atoms with van der Waals surface area (Å²) in [6, 6.07) is 8.01. The first-order valence-corrected chi connectivity index (χ1v) is 6.35. The van der Waals surface area contributed by atoms with E-state index in [1.165, 1.54) is 0 Å². The number of quaternary nitrogens is 1. The predicted molar refractivity (Wildman–Crippen MR) is 69.7 cm³/mol. The van der Waals surface area contributed by atoms with Crippen LogP contribution < -0.4 is 10.1 Å². The summed E-state index contributed by atoms with van der Waals surface area (Å²) in [5.74, 6) is 0.787. The molecule has 1 rings (SSSR count). The van der Waals surface area contributed by atoms with Crippen LogP contribution in [0.2, 0.25) is 5.02 Å². The number of benzene rings is 1. The molecule has 0 radical (unpaired) electrons. The molecule has 0 aliphatic heterocycles. The molecular formula is C13H21ClNO2+. The molecule has 0 fully saturated rings. The third kappa shape index (κ3) is 7.21. The Balaban J connectivity index is 2.01. The molecular weight excluding hydrogens is 238 g/mol. The lowest BCUT2D eigenvalue weighted by Crippen LogP contribution is -2.89. The minimum atomic E-state index is 0.558. The number of hydrogen-bond acceptors (Lipinski definition) is 2. The van der Waals surface area contributed by atoms with E-state index in [0.717, 1.165) is 18.9 Å². The molecule has 0 aliphatic rings. The fourth-order valence-electron chi connectivity index (χ4n) is 1.36. The van der Waals surface area contributed by atoms with Crippen LogP contribution in [-0.4, -0.2) is 32.4 Å². The van der Waals surface area contributed by atoms with Gasteiger partial charge < -0.3 is 14.8 Å². The topological polar surface area (TPSA) is 35.1 Å². The molecule has 0 amide bonds. The van der Waals surface area contributed by atoms with Gasteiger partial charge in [0.2, 0.25) is 0 Å². The fourth-order valence-corrected chi connectivity index (χ4v) is 1.54. The van der Waals surface area contributed by atoms with Crippen LogP contribution in [0.25, 0.3) is 0 Å². The zero-order valence-corrected chi connectivity index (χ0v) is 11.2. The molecule has 0 aromatic heterocycles. The zero-order valence-electron chi connectivity index (χ0n) is 10.5. The number of rotatable bonds is 8. The molecule has 0 atom stereocenters. The van der Waals surface area contributed by atoms with E-state index in [4.69, 9.17) is 21.1 Å². The lowest BCUT2D eigenvalue weighted by Gasteiger charge is -2.08. The van der Waals surface area contributed by atoms with Gasteiger partial charge in [-0.05, 0) is 32.0 Å². The molecule has 0 heterocycles. The summed E-state index contributed by atoms with van der Waals surface area (Å²) in [7, 11) is 0. The van der Waals surface area contributed by atoms with E-state index in [0.29, 0.717) is 24.3 Å². The molecule has 2 N–H and O–H groups in total. The minimum Gasteiger partial charge on any atom is -0.491 e. The number of hydrogen-bond donors (Lipinski definition) is 1. The quantitative estimate of drug-likeness (QED) is 0.721. The Bertz CT molecular complexity index is 318. The maximum Gasteiger partial charge on any atom is 0.120 e. The standard InChI is InChI=1S/C13H20ClNO2/c1-11(2)15-6-7-16-8-9-17-13-5-3-4-12(14)10-13/h3-5,10-11,15H,6-9H2,1-2H3/p+1. The van der Waals surface area contributed by atoms with Crippen molar-refractivity contribution in [3.63, 3.8) is 0 Å². The van der Waals surface area contributed by atoms with E-state index >= 15 is 0 Å². The van der Waals surface area contributed by atoms with Gasteiger partial charge in [-0.1, -0.05) is 17.7 Å². The highest BCUT2D eigenvalue weighted by Crippen LogP contribution is 2.16. The van der Waals surface area contributed by atoms with Gasteiger partial charge in [0.05, 0.1) is 25.8 Å². The molecule has 4 heteroatoms. The van der Waals surface area contributed by atoms with Gasteiger partial charge in [0.15, 0.2) is 0 Å². The lowest BCUT2D eigenvalue weighted by atomic mass is 10.3. The van der Waals surface area contributed by atoms with Crippen molar-refractivity contribution >= 4 is 11.6 Å². The molecule has 0 bridgehead atoms. The predicted octanol–water partition coefficient (Wildman–Crippen LogP) is 1.71. The Morgan fingerprint density at radius 2 is 2.06 bits per heavy atom. The van der Waals surface area contributed by atoms with E-state index in [1.807, 2.05) is 18.2 Å². The summed E-state index contributed by atoms with van der Waals surface area (Å²) >= 11 is 5.84. The van der Waals surface area contributed by atoms with Gasteiger partial charge in [-0.2, -0.15) is 0 Å². The molecule has 0 unspecified atom stereocenters. The summed E-state index contributed by atoms with van der Waals surface area (Å²) in [6.07, 6.45) is 0. The second-order valence-corrected chi connectivity index (χ2v) is 4.62. The SMILES string of the molecule is CC(C)[NH2+]CCOCCOc1cccc(Cl)c1. The van der Waals surface area contributed by atoms with Crippen LogP contribution in [0, 0.1) is 0 Å². The van der Waals surface area contributed by atoms with Gasteiger partial charge in [-0.25, -0.2) is 0 Å². The zero-order chi connectivity index (χ0) is 12.5. The Kier molecular flexibility index (Phi) is 7.01. The number of ether oxygens (including phenoxy) is 2. The van der Waals surface area contributed by atoms with Crippen LogP contribution >= 0.6 is 11.6 Å². The average Bonchev–Trinajstić information content (AvgIpc) is 2.27. The highest BCUT2D eigenvalue weighted by Gasteiger charge is 1.97. The van der Waals surface area contributed by atoms with Crippen LogP contribution in [0.15, 0.2) is 24.3 Å². The van der Waals surface area contributed by atoms with Gasteiger partial charge in [-0.15, -0.1) is 0 Å². The number of halogens is 1. The third-order valence-corrected chi connectivity index (χ3v) is 2.43. The molecule has 17 heavy (non-hydrogen) atoms. The van der Waals surface area contributed by atoms with Crippen molar-refractivity contribution in [1.29, 1.82) is 0 Å². The van der Waals surface area contributed by atoms with Crippen LogP contribution in [-0.2, 0) is 4.74 Å². The normalized spacial score (nSPS) is 10.8. The molecule has 1 aromatic carbocycles. The Labute approximate surface area is 108 Å². The third-order valence-electron chi connectivity index (χ3n) is 2.19. The Hall–Kier alpha value is -0.770. The summed E-state index contributed by atoms with van der Waals surface area (Å²) in [5, 5.41) is 2.94. The lowest BCUT2D eigenvalue weighted by molar-refractivity contribution is -0.684. The van der Waals surface area contributed by atoms with Gasteiger partial charge in [0.1, 0.15) is 12.4 Å². The first-order valence-electron chi connectivity index (χ1n) is 5.98. The molecule has 0 saturated heterocycles. The first kappa shape index (κ1) is 14.3. The highest BCUT2D eigenvalue weighted by molar-refractivity contribution is 6.30. The average molecular weight is 259 g/mol. The van der Waals surface area contributed by atoms with E-state index in [2.05, 4.69) is 19.2 Å². The summed E-state index contributed by atoms with van der Waals surface area (Å²) in [4.78, 5) is 0. The Morgan fingerprint density at radius 3 is 2.76 bits per heavy atom. The van der Waals surface area contributed by atoms with Gasteiger partial charge in [0.25, 0.3) is 0 Å². The summed E-state index contributed by atoms with van der Waals surface area (Å²) < 4.78 is 10.9. The van der Waals surface area contributed by atoms with E-state index in [-0.39, 0.29) is 0 Å². The molecule has 0 spiro atoms. The molecule has 3 nitrogen and oxygen atoms in total. The Morgan fingerprint density at radius 1 is 1.24 bits per heavy atom. The smallest absolute Gasteiger partial charge is 0.120 e. The second-order valence-electron chi connectivity index (χ2n) is 4.19. The first-order chi connectivity index (χ1) is 8.18. The van der Waals surface area contributed by atoms with Gasteiger partial charge in [-0.3, -0.25) is 0 Å². The van der Waals surface area contributed by atoms with Crippen molar-refractivity contribution in [3.05, 3.63) is 29.3 Å². The summed E-state index contributed by atoms with van der Waals surface area (Å²) in [5.41, 5.74) is 0. The van der Waals surface area contributed by atoms with E-state index < -0.39 is 0 Å². The molecule has 0 aliphatic carbocycles.